The number of rotatable bonds is 2. The Morgan fingerprint density at radius 2 is 1.20 bits per heavy atom. The van der Waals surface area contributed by atoms with Crippen LogP contribution in [0.4, 0.5) is 11.4 Å². The predicted octanol–water partition coefficient (Wildman–Crippen LogP) is 4.19. The second-order valence-corrected chi connectivity index (χ2v) is 4.80. The van der Waals surface area contributed by atoms with Gasteiger partial charge in [-0.1, -0.05) is 48.5 Å². The summed E-state index contributed by atoms with van der Waals surface area (Å²) < 4.78 is 0. The van der Waals surface area contributed by atoms with Crippen LogP contribution in [0.25, 0.3) is 22.3 Å². The maximum Gasteiger partial charge on any atom is 0.0320 e. The summed E-state index contributed by atoms with van der Waals surface area (Å²) in [4.78, 5) is 0. The standard InChI is InChI=1S/C18H16N2/c19-15-8-4-7-14(11-15)18-12-16(20)9-10-17(18)13-5-2-1-3-6-13/h1-12H,19-20H2. The average molecular weight is 260 g/mol. The van der Waals surface area contributed by atoms with Gasteiger partial charge in [0, 0.05) is 11.4 Å². The molecule has 2 heteroatoms. The number of benzene rings is 3. The van der Waals surface area contributed by atoms with E-state index < -0.39 is 0 Å². The van der Waals surface area contributed by atoms with Gasteiger partial charge in [-0.15, -0.1) is 0 Å². The van der Waals surface area contributed by atoms with Gasteiger partial charge in [0.1, 0.15) is 0 Å². The first-order chi connectivity index (χ1) is 9.74. The fourth-order valence-electron chi connectivity index (χ4n) is 2.38. The Bertz CT molecular complexity index is 733. The van der Waals surface area contributed by atoms with Crippen molar-refractivity contribution >= 4 is 11.4 Å². The van der Waals surface area contributed by atoms with Crippen molar-refractivity contribution in [2.24, 2.45) is 0 Å². The summed E-state index contributed by atoms with van der Waals surface area (Å²) >= 11 is 0. The van der Waals surface area contributed by atoms with Crippen molar-refractivity contribution in [3.63, 3.8) is 0 Å². The minimum atomic E-state index is 0.752. The van der Waals surface area contributed by atoms with Crippen LogP contribution >= 0.6 is 0 Å². The van der Waals surface area contributed by atoms with E-state index in [2.05, 4.69) is 24.3 Å². The summed E-state index contributed by atoms with van der Waals surface area (Å²) in [5.41, 5.74) is 17.9. The normalized spacial score (nSPS) is 10.4. The molecule has 20 heavy (non-hydrogen) atoms. The van der Waals surface area contributed by atoms with E-state index in [1.54, 1.807) is 0 Å². The number of nitrogen functional groups attached to an aromatic ring is 2. The number of hydrogen-bond donors (Lipinski definition) is 2. The highest BCUT2D eigenvalue weighted by Crippen LogP contribution is 2.34. The summed E-state index contributed by atoms with van der Waals surface area (Å²) in [5.74, 6) is 0. The van der Waals surface area contributed by atoms with Gasteiger partial charge in [0.15, 0.2) is 0 Å². The molecule has 3 aromatic rings. The highest BCUT2D eigenvalue weighted by atomic mass is 14.5. The maximum atomic E-state index is 5.95. The maximum absolute atomic E-state index is 5.95. The monoisotopic (exact) mass is 260 g/mol. The van der Waals surface area contributed by atoms with Gasteiger partial charge < -0.3 is 11.5 Å². The van der Waals surface area contributed by atoms with Crippen LogP contribution in [-0.2, 0) is 0 Å². The second-order valence-electron chi connectivity index (χ2n) is 4.80. The lowest BCUT2D eigenvalue weighted by Crippen LogP contribution is -1.91. The van der Waals surface area contributed by atoms with E-state index >= 15 is 0 Å². The first-order valence-corrected chi connectivity index (χ1v) is 6.55. The Balaban J connectivity index is 2.22. The third-order valence-corrected chi connectivity index (χ3v) is 3.33. The molecule has 0 saturated carbocycles. The van der Waals surface area contributed by atoms with Gasteiger partial charge in [0.25, 0.3) is 0 Å². The van der Waals surface area contributed by atoms with Crippen molar-refractivity contribution in [3.05, 3.63) is 72.8 Å². The van der Waals surface area contributed by atoms with Crippen LogP contribution in [0, 0.1) is 0 Å². The molecule has 0 bridgehead atoms. The molecule has 0 aliphatic heterocycles. The van der Waals surface area contributed by atoms with E-state index in [9.17, 15) is 0 Å². The van der Waals surface area contributed by atoms with Crippen LogP contribution in [0.5, 0.6) is 0 Å². The van der Waals surface area contributed by atoms with Gasteiger partial charge in [-0.05, 0) is 46.5 Å². The van der Waals surface area contributed by atoms with Gasteiger partial charge >= 0.3 is 0 Å². The molecule has 0 aliphatic carbocycles. The highest BCUT2D eigenvalue weighted by molar-refractivity contribution is 5.86. The third-order valence-electron chi connectivity index (χ3n) is 3.33. The third kappa shape index (κ3) is 2.36. The van der Waals surface area contributed by atoms with E-state index in [0.29, 0.717) is 0 Å². The minimum Gasteiger partial charge on any atom is -0.399 e. The van der Waals surface area contributed by atoms with Crippen LogP contribution in [0.2, 0.25) is 0 Å². The zero-order valence-corrected chi connectivity index (χ0v) is 11.1. The predicted molar refractivity (Wildman–Crippen MR) is 86.1 cm³/mol. The summed E-state index contributed by atoms with van der Waals surface area (Å²) in [7, 11) is 0. The molecule has 0 saturated heterocycles. The molecule has 3 aromatic carbocycles. The van der Waals surface area contributed by atoms with Crippen molar-refractivity contribution < 1.29 is 0 Å². The van der Waals surface area contributed by atoms with Crippen molar-refractivity contribution in [1.82, 2.24) is 0 Å². The van der Waals surface area contributed by atoms with Crippen molar-refractivity contribution in [1.29, 1.82) is 0 Å². The summed E-state index contributed by atoms with van der Waals surface area (Å²) in [6, 6.07) is 24.1. The molecule has 4 N–H and O–H groups in total. The van der Waals surface area contributed by atoms with Gasteiger partial charge in [0.05, 0.1) is 0 Å². The molecule has 0 aliphatic rings. The van der Waals surface area contributed by atoms with Crippen molar-refractivity contribution in [2.75, 3.05) is 11.5 Å². The zero-order valence-electron chi connectivity index (χ0n) is 11.1. The van der Waals surface area contributed by atoms with E-state index in [0.717, 1.165) is 28.1 Å². The zero-order chi connectivity index (χ0) is 13.9. The van der Waals surface area contributed by atoms with Crippen molar-refractivity contribution in [3.8, 4) is 22.3 Å². The summed E-state index contributed by atoms with van der Waals surface area (Å²) in [6.07, 6.45) is 0. The molecule has 0 atom stereocenters. The fourth-order valence-corrected chi connectivity index (χ4v) is 2.38. The molecule has 0 heterocycles. The first kappa shape index (κ1) is 12.3. The van der Waals surface area contributed by atoms with Crippen LogP contribution < -0.4 is 11.5 Å². The summed E-state index contributed by atoms with van der Waals surface area (Å²) in [5, 5.41) is 0. The number of anilines is 2. The molecular weight excluding hydrogens is 244 g/mol. The van der Waals surface area contributed by atoms with Crippen molar-refractivity contribution in [2.45, 2.75) is 0 Å². The number of nitrogens with two attached hydrogens (primary N) is 2. The summed E-state index contributed by atoms with van der Waals surface area (Å²) in [6.45, 7) is 0. The van der Waals surface area contributed by atoms with E-state index in [4.69, 9.17) is 11.5 Å². The number of hydrogen-bond acceptors (Lipinski definition) is 2. The second kappa shape index (κ2) is 5.10. The lowest BCUT2D eigenvalue weighted by molar-refractivity contribution is 1.57. The Morgan fingerprint density at radius 1 is 0.500 bits per heavy atom. The molecule has 0 unspecified atom stereocenters. The van der Waals surface area contributed by atoms with Gasteiger partial charge in [-0.25, -0.2) is 0 Å². The Labute approximate surface area is 118 Å². The van der Waals surface area contributed by atoms with Crippen LogP contribution in [0.15, 0.2) is 72.8 Å². The molecule has 0 spiro atoms. The van der Waals surface area contributed by atoms with E-state index in [1.165, 1.54) is 5.56 Å². The molecule has 98 valence electrons. The molecular formula is C18H16N2. The minimum absolute atomic E-state index is 0.752. The lowest BCUT2D eigenvalue weighted by atomic mass is 9.94. The van der Waals surface area contributed by atoms with E-state index in [1.807, 2.05) is 48.5 Å². The highest BCUT2D eigenvalue weighted by Gasteiger charge is 2.08. The Morgan fingerprint density at radius 3 is 1.95 bits per heavy atom. The largest absolute Gasteiger partial charge is 0.399 e. The first-order valence-electron chi connectivity index (χ1n) is 6.55. The van der Waals surface area contributed by atoms with Crippen LogP contribution in [0.1, 0.15) is 0 Å². The van der Waals surface area contributed by atoms with Crippen LogP contribution in [0.3, 0.4) is 0 Å². The van der Waals surface area contributed by atoms with Crippen LogP contribution in [-0.4, -0.2) is 0 Å². The molecule has 2 nitrogen and oxygen atoms in total. The fraction of sp³-hybridized carbons (Fsp3) is 0. The Hall–Kier alpha value is -2.74. The average Bonchev–Trinajstić information content (AvgIpc) is 2.48. The molecule has 0 fully saturated rings. The molecule has 0 aromatic heterocycles. The molecule has 3 rings (SSSR count). The Kier molecular flexibility index (Phi) is 3.13. The topological polar surface area (TPSA) is 52.0 Å². The smallest absolute Gasteiger partial charge is 0.0320 e. The van der Waals surface area contributed by atoms with Gasteiger partial charge in [-0.3, -0.25) is 0 Å². The SMILES string of the molecule is Nc1cccc(-c2cc(N)ccc2-c2ccccc2)c1. The van der Waals surface area contributed by atoms with Gasteiger partial charge in [-0.2, -0.15) is 0 Å². The molecule has 0 radical (unpaired) electrons. The molecule has 0 amide bonds. The lowest BCUT2D eigenvalue weighted by Gasteiger charge is -2.12. The van der Waals surface area contributed by atoms with E-state index in [-0.39, 0.29) is 0 Å². The quantitative estimate of drug-likeness (QED) is 0.679. The van der Waals surface area contributed by atoms with Gasteiger partial charge in [0.2, 0.25) is 0 Å².